The van der Waals surface area contributed by atoms with E-state index in [9.17, 15) is 4.39 Å². The van der Waals surface area contributed by atoms with Gasteiger partial charge in [-0.15, -0.1) is 11.8 Å². The van der Waals surface area contributed by atoms with E-state index in [-0.39, 0.29) is 11.7 Å². The van der Waals surface area contributed by atoms with Crippen LogP contribution in [0.15, 0.2) is 58.6 Å². The first-order valence-electron chi connectivity index (χ1n) is 5.65. The SMILES string of the molecule is N/C(=N\O)c1cccc(CSc2ccccc2F)c1. The lowest BCUT2D eigenvalue weighted by molar-refractivity contribution is 0.318. The van der Waals surface area contributed by atoms with Gasteiger partial charge < -0.3 is 10.9 Å². The molecule has 0 unspecified atom stereocenters. The molecule has 98 valence electrons. The van der Waals surface area contributed by atoms with Gasteiger partial charge in [-0.05, 0) is 23.8 Å². The highest BCUT2D eigenvalue weighted by Gasteiger charge is 2.04. The number of hydrogen-bond acceptors (Lipinski definition) is 3. The van der Waals surface area contributed by atoms with Crippen molar-refractivity contribution in [3.05, 3.63) is 65.5 Å². The Morgan fingerprint density at radius 2 is 2.00 bits per heavy atom. The molecule has 2 aromatic rings. The zero-order chi connectivity index (χ0) is 13.7. The second-order valence-corrected chi connectivity index (χ2v) is 4.92. The minimum atomic E-state index is -0.222. The van der Waals surface area contributed by atoms with E-state index in [0.29, 0.717) is 16.2 Å². The van der Waals surface area contributed by atoms with Crippen LogP contribution in [0, 0.1) is 5.82 Å². The Kier molecular flexibility index (Phi) is 4.41. The maximum atomic E-state index is 13.5. The van der Waals surface area contributed by atoms with E-state index in [1.54, 1.807) is 24.3 Å². The number of rotatable bonds is 4. The Bertz CT molecular complexity index is 602. The van der Waals surface area contributed by atoms with Crippen LogP contribution in [0.1, 0.15) is 11.1 Å². The largest absolute Gasteiger partial charge is 0.409 e. The van der Waals surface area contributed by atoms with Gasteiger partial charge in [-0.3, -0.25) is 0 Å². The fraction of sp³-hybridized carbons (Fsp3) is 0.0714. The molecule has 0 spiro atoms. The molecule has 0 radical (unpaired) electrons. The zero-order valence-corrected chi connectivity index (χ0v) is 10.9. The Hall–Kier alpha value is -2.01. The van der Waals surface area contributed by atoms with Crippen LogP contribution >= 0.6 is 11.8 Å². The molecule has 2 rings (SSSR count). The van der Waals surface area contributed by atoms with Crippen molar-refractivity contribution in [3.63, 3.8) is 0 Å². The number of nitrogens with zero attached hydrogens (tertiary/aromatic N) is 1. The van der Waals surface area contributed by atoms with Gasteiger partial charge in [-0.2, -0.15) is 0 Å². The standard InChI is InChI=1S/C14H13FN2OS/c15-12-6-1-2-7-13(12)19-9-10-4-3-5-11(8-10)14(16)17-18/h1-8,18H,9H2,(H2,16,17). The minimum absolute atomic E-state index is 0.0674. The van der Waals surface area contributed by atoms with E-state index >= 15 is 0 Å². The fourth-order valence-electron chi connectivity index (χ4n) is 1.60. The number of oxime groups is 1. The number of hydrogen-bond donors (Lipinski definition) is 2. The van der Waals surface area contributed by atoms with Crippen LogP contribution in [0.5, 0.6) is 0 Å². The van der Waals surface area contributed by atoms with Crippen molar-refractivity contribution in [3.8, 4) is 0 Å². The molecule has 3 nitrogen and oxygen atoms in total. The highest BCUT2D eigenvalue weighted by atomic mass is 32.2. The van der Waals surface area contributed by atoms with Crippen LogP contribution in [0.4, 0.5) is 4.39 Å². The van der Waals surface area contributed by atoms with Gasteiger partial charge in [0, 0.05) is 16.2 Å². The van der Waals surface area contributed by atoms with Crippen LogP contribution in [-0.2, 0) is 5.75 Å². The Labute approximate surface area is 114 Å². The molecule has 0 aliphatic rings. The summed E-state index contributed by atoms with van der Waals surface area (Å²) in [5, 5.41) is 11.6. The third-order valence-corrected chi connectivity index (χ3v) is 3.68. The Balaban J connectivity index is 2.10. The van der Waals surface area contributed by atoms with Crippen molar-refractivity contribution in [2.75, 3.05) is 0 Å². The Morgan fingerprint density at radius 3 is 2.74 bits per heavy atom. The van der Waals surface area contributed by atoms with Crippen LogP contribution in [0.2, 0.25) is 0 Å². The summed E-state index contributed by atoms with van der Waals surface area (Å²) in [5.41, 5.74) is 7.16. The molecule has 0 aliphatic carbocycles. The first-order chi connectivity index (χ1) is 9.20. The molecule has 0 heterocycles. The molecule has 0 atom stereocenters. The van der Waals surface area contributed by atoms with Crippen molar-refractivity contribution < 1.29 is 9.60 Å². The lowest BCUT2D eigenvalue weighted by Crippen LogP contribution is -2.13. The van der Waals surface area contributed by atoms with Gasteiger partial charge in [0.2, 0.25) is 0 Å². The monoisotopic (exact) mass is 276 g/mol. The molecular formula is C14H13FN2OS. The number of thioether (sulfide) groups is 1. The topological polar surface area (TPSA) is 58.6 Å². The molecule has 0 aliphatic heterocycles. The zero-order valence-electron chi connectivity index (χ0n) is 10.1. The predicted molar refractivity (Wildman–Crippen MR) is 74.9 cm³/mol. The first kappa shape index (κ1) is 13.4. The van der Waals surface area contributed by atoms with E-state index in [2.05, 4.69) is 5.16 Å². The molecule has 0 saturated carbocycles. The van der Waals surface area contributed by atoms with Gasteiger partial charge in [-0.1, -0.05) is 35.5 Å². The third kappa shape index (κ3) is 3.48. The quantitative estimate of drug-likeness (QED) is 0.296. The second-order valence-electron chi connectivity index (χ2n) is 3.90. The van der Waals surface area contributed by atoms with Crippen molar-refractivity contribution >= 4 is 17.6 Å². The van der Waals surface area contributed by atoms with E-state index < -0.39 is 0 Å². The molecule has 2 aromatic carbocycles. The van der Waals surface area contributed by atoms with Crippen molar-refractivity contribution in [1.29, 1.82) is 0 Å². The molecule has 0 saturated heterocycles. The average Bonchev–Trinajstić information content (AvgIpc) is 2.46. The first-order valence-corrected chi connectivity index (χ1v) is 6.63. The van der Waals surface area contributed by atoms with Gasteiger partial charge in [0.05, 0.1) is 0 Å². The smallest absolute Gasteiger partial charge is 0.170 e. The predicted octanol–water partition coefficient (Wildman–Crippen LogP) is 3.21. The number of amidine groups is 1. The van der Waals surface area contributed by atoms with Crippen molar-refractivity contribution in [1.82, 2.24) is 0 Å². The van der Waals surface area contributed by atoms with E-state index in [4.69, 9.17) is 10.9 Å². The lowest BCUT2D eigenvalue weighted by Gasteiger charge is -2.05. The molecule has 19 heavy (non-hydrogen) atoms. The number of halogens is 1. The summed E-state index contributed by atoms with van der Waals surface area (Å²) < 4.78 is 13.5. The molecule has 5 heteroatoms. The Morgan fingerprint density at radius 1 is 1.21 bits per heavy atom. The maximum absolute atomic E-state index is 13.5. The summed E-state index contributed by atoms with van der Waals surface area (Å²) in [6.07, 6.45) is 0. The lowest BCUT2D eigenvalue weighted by atomic mass is 10.1. The van der Waals surface area contributed by atoms with Crippen LogP contribution in [0.25, 0.3) is 0 Å². The summed E-state index contributed by atoms with van der Waals surface area (Å²) in [6, 6.07) is 14.0. The fourth-order valence-corrected chi connectivity index (χ4v) is 2.48. The second kappa shape index (κ2) is 6.24. The molecule has 0 bridgehead atoms. The third-order valence-electron chi connectivity index (χ3n) is 2.56. The molecular weight excluding hydrogens is 263 g/mol. The van der Waals surface area contributed by atoms with Gasteiger partial charge in [0.1, 0.15) is 5.82 Å². The summed E-state index contributed by atoms with van der Waals surface area (Å²) in [6.45, 7) is 0. The van der Waals surface area contributed by atoms with Crippen molar-refractivity contribution in [2.24, 2.45) is 10.9 Å². The highest BCUT2D eigenvalue weighted by Crippen LogP contribution is 2.25. The molecule has 0 amide bonds. The normalized spacial score (nSPS) is 11.5. The number of benzene rings is 2. The summed E-state index contributed by atoms with van der Waals surface area (Å²) in [4.78, 5) is 0.608. The van der Waals surface area contributed by atoms with Gasteiger partial charge in [-0.25, -0.2) is 4.39 Å². The van der Waals surface area contributed by atoms with E-state index in [1.807, 2.05) is 18.2 Å². The number of nitrogens with two attached hydrogens (primary N) is 1. The van der Waals surface area contributed by atoms with Gasteiger partial charge >= 0.3 is 0 Å². The summed E-state index contributed by atoms with van der Waals surface area (Å²) >= 11 is 1.41. The summed E-state index contributed by atoms with van der Waals surface area (Å²) in [7, 11) is 0. The van der Waals surface area contributed by atoms with Crippen LogP contribution < -0.4 is 5.73 Å². The van der Waals surface area contributed by atoms with Crippen molar-refractivity contribution in [2.45, 2.75) is 10.6 Å². The summed E-state index contributed by atoms with van der Waals surface area (Å²) in [5.74, 6) is 0.464. The molecule has 0 fully saturated rings. The molecule has 3 N–H and O–H groups in total. The van der Waals surface area contributed by atoms with Crippen LogP contribution in [0.3, 0.4) is 0 Å². The minimum Gasteiger partial charge on any atom is -0.409 e. The van der Waals surface area contributed by atoms with Gasteiger partial charge in [0.25, 0.3) is 0 Å². The highest BCUT2D eigenvalue weighted by molar-refractivity contribution is 7.98. The molecule has 0 aromatic heterocycles. The maximum Gasteiger partial charge on any atom is 0.170 e. The average molecular weight is 276 g/mol. The van der Waals surface area contributed by atoms with Crippen LogP contribution in [-0.4, -0.2) is 11.0 Å². The van der Waals surface area contributed by atoms with Gasteiger partial charge in [0.15, 0.2) is 5.84 Å². The van der Waals surface area contributed by atoms with E-state index in [1.165, 1.54) is 17.8 Å². The van der Waals surface area contributed by atoms with E-state index in [0.717, 1.165) is 5.56 Å².